The Kier molecular flexibility index (Phi) is 5.05. The summed E-state index contributed by atoms with van der Waals surface area (Å²) in [4.78, 5) is 8.59. The summed E-state index contributed by atoms with van der Waals surface area (Å²) in [6.45, 7) is 1.32. The van der Waals surface area contributed by atoms with Crippen LogP contribution >= 0.6 is 11.6 Å². The largest absolute Gasteiger partial charge is 0.377 e. The monoisotopic (exact) mass is 415 g/mol. The molecule has 4 rings (SSSR count). The zero-order chi connectivity index (χ0) is 19.7. The highest BCUT2D eigenvalue weighted by Gasteiger charge is 2.13. The molecule has 2 aromatic heterocycles. The number of anilines is 1. The summed E-state index contributed by atoms with van der Waals surface area (Å²) >= 11 is 6.04. The van der Waals surface area contributed by atoms with Gasteiger partial charge in [0.15, 0.2) is 5.15 Å². The summed E-state index contributed by atoms with van der Waals surface area (Å²) in [5, 5.41) is 1.13. The summed E-state index contributed by atoms with van der Waals surface area (Å²) in [6, 6.07) is 9.63. The number of nitrogens with one attached hydrogen (secondary N) is 1. The van der Waals surface area contributed by atoms with Gasteiger partial charge in [-0.05, 0) is 47.4 Å². The van der Waals surface area contributed by atoms with E-state index >= 15 is 0 Å². The van der Waals surface area contributed by atoms with E-state index in [1.807, 2.05) is 30.5 Å². The lowest BCUT2D eigenvalue weighted by Crippen LogP contribution is -2.10. The van der Waals surface area contributed by atoms with Crippen LogP contribution in [-0.2, 0) is 14.8 Å². The van der Waals surface area contributed by atoms with Crippen LogP contribution in [0.15, 0.2) is 48.8 Å². The minimum absolute atomic E-state index is 0.102. The van der Waals surface area contributed by atoms with Crippen molar-refractivity contribution in [2.75, 3.05) is 24.2 Å². The average Bonchev–Trinajstić information content (AvgIpc) is 2.68. The first-order valence-corrected chi connectivity index (χ1v) is 11.0. The highest BCUT2D eigenvalue weighted by atomic mass is 35.5. The zero-order valence-corrected chi connectivity index (χ0v) is 16.7. The summed E-state index contributed by atoms with van der Waals surface area (Å²) < 4.78 is 31.0. The molecule has 6 nitrogen and oxygen atoms in total. The lowest BCUT2D eigenvalue weighted by molar-refractivity contribution is 0.161. The molecule has 0 unspecified atom stereocenters. The molecule has 0 saturated heterocycles. The van der Waals surface area contributed by atoms with Gasteiger partial charge in [-0.25, -0.2) is 13.4 Å². The van der Waals surface area contributed by atoms with Crippen LogP contribution in [-0.4, -0.2) is 37.9 Å². The number of sulfonamides is 1. The maximum absolute atomic E-state index is 11.6. The molecule has 1 N–H and O–H groups in total. The average molecular weight is 416 g/mol. The number of rotatable bonds is 4. The Bertz CT molecular complexity index is 1190. The van der Waals surface area contributed by atoms with Crippen molar-refractivity contribution in [2.24, 2.45) is 0 Å². The zero-order valence-electron chi connectivity index (χ0n) is 15.1. The molecular formula is C20H18ClN3O3S. The standard InChI is InChI=1S/C20H18ClN3O3S/c1-28(25,26)24-19-11-15(12-23-20(19)21)14-2-3-18-17(10-14)16(4-7-22-18)13-5-8-27-9-6-13/h2-5,7,10-12,24H,6,8-9H2,1H3. The molecular weight excluding hydrogens is 398 g/mol. The Morgan fingerprint density at radius 1 is 1.14 bits per heavy atom. The molecule has 3 aromatic rings. The van der Waals surface area contributed by atoms with Crippen LogP contribution in [0.2, 0.25) is 5.15 Å². The van der Waals surface area contributed by atoms with E-state index < -0.39 is 10.0 Å². The summed E-state index contributed by atoms with van der Waals surface area (Å²) in [5.74, 6) is 0. The molecule has 0 radical (unpaired) electrons. The van der Waals surface area contributed by atoms with Crippen LogP contribution in [0.5, 0.6) is 0 Å². The van der Waals surface area contributed by atoms with Crippen molar-refractivity contribution in [1.82, 2.24) is 9.97 Å². The van der Waals surface area contributed by atoms with E-state index in [0.717, 1.165) is 40.3 Å². The number of pyridine rings is 2. The second-order valence-corrected chi connectivity index (χ2v) is 8.69. The van der Waals surface area contributed by atoms with Gasteiger partial charge in [0.25, 0.3) is 0 Å². The number of fused-ring (bicyclic) bond motifs is 1. The maximum Gasteiger partial charge on any atom is 0.229 e. The van der Waals surface area contributed by atoms with Crippen LogP contribution in [0.25, 0.3) is 27.6 Å². The minimum Gasteiger partial charge on any atom is -0.377 e. The van der Waals surface area contributed by atoms with E-state index in [1.165, 1.54) is 5.57 Å². The van der Waals surface area contributed by atoms with E-state index in [1.54, 1.807) is 12.3 Å². The van der Waals surface area contributed by atoms with Crippen LogP contribution < -0.4 is 4.72 Å². The molecule has 0 bridgehead atoms. The highest BCUT2D eigenvalue weighted by molar-refractivity contribution is 7.92. The highest BCUT2D eigenvalue weighted by Crippen LogP contribution is 2.32. The minimum atomic E-state index is -3.46. The fraction of sp³-hybridized carbons (Fsp3) is 0.200. The Morgan fingerprint density at radius 2 is 2.00 bits per heavy atom. The van der Waals surface area contributed by atoms with Crippen molar-refractivity contribution in [3.05, 3.63) is 59.5 Å². The van der Waals surface area contributed by atoms with Gasteiger partial charge < -0.3 is 4.74 Å². The third kappa shape index (κ3) is 4.01. The molecule has 1 aliphatic rings. The first-order valence-electron chi connectivity index (χ1n) is 8.70. The van der Waals surface area contributed by atoms with Crippen molar-refractivity contribution in [1.29, 1.82) is 0 Å². The van der Waals surface area contributed by atoms with E-state index in [9.17, 15) is 8.42 Å². The van der Waals surface area contributed by atoms with Crippen molar-refractivity contribution in [2.45, 2.75) is 6.42 Å². The molecule has 0 amide bonds. The molecule has 144 valence electrons. The molecule has 0 atom stereocenters. The van der Waals surface area contributed by atoms with Crippen LogP contribution in [0.3, 0.4) is 0 Å². The number of halogens is 1. The van der Waals surface area contributed by atoms with Gasteiger partial charge in [-0.3, -0.25) is 9.71 Å². The summed E-state index contributed by atoms with van der Waals surface area (Å²) in [7, 11) is -3.46. The van der Waals surface area contributed by atoms with E-state index in [4.69, 9.17) is 16.3 Å². The van der Waals surface area contributed by atoms with E-state index in [0.29, 0.717) is 13.2 Å². The smallest absolute Gasteiger partial charge is 0.229 e. The number of hydrogen-bond donors (Lipinski definition) is 1. The Hall–Kier alpha value is -2.48. The van der Waals surface area contributed by atoms with Gasteiger partial charge in [0, 0.05) is 23.3 Å². The van der Waals surface area contributed by atoms with Gasteiger partial charge in [-0.2, -0.15) is 0 Å². The van der Waals surface area contributed by atoms with Gasteiger partial charge in [-0.1, -0.05) is 23.7 Å². The third-order valence-corrected chi connectivity index (χ3v) is 5.41. The van der Waals surface area contributed by atoms with Crippen molar-refractivity contribution >= 4 is 43.8 Å². The topological polar surface area (TPSA) is 81.2 Å². The summed E-state index contributed by atoms with van der Waals surface area (Å²) in [6.07, 6.45) is 7.47. The van der Waals surface area contributed by atoms with Gasteiger partial charge >= 0.3 is 0 Å². The number of nitrogens with zero attached hydrogens (tertiary/aromatic N) is 2. The predicted molar refractivity (Wildman–Crippen MR) is 112 cm³/mol. The van der Waals surface area contributed by atoms with Crippen molar-refractivity contribution in [3.8, 4) is 11.1 Å². The number of aromatic nitrogens is 2. The first-order chi connectivity index (χ1) is 13.4. The van der Waals surface area contributed by atoms with Crippen molar-refractivity contribution in [3.63, 3.8) is 0 Å². The summed E-state index contributed by atoms with van der Waals surface area (Å²) in [5.41, 5.74) is 5.17. The maximum atomic E-state index is 11.6. The Morgan fingerprint density at radius 3 is 2.75 bits per heavy atom. The first kappa shape index (κ1) is 18.9. The van der Waals surface area contributed by atoms with Gasteiger partial charge in [-0.15, -0.1) is 0 Å². The van der Waals surface area contributed by atoms with Gasteiger partial charge in [0.1, 0.15) is 0 Å². The van der Waals surface area contributed by atoms with Crippen molar-refractivity contribution < 1.29 is 13.2 Å². The van der Waals surface area contributed by atoms with Crippen LogP contribution in [0.4, 0.5) is 5.69 Å². The Balaban J connectivity index is 1.82. The van der Waals surface area contributed by atoms with E-state index in [2.05, 4.69) is 20.8 Å². The second kappa shape index (κ2) is 7.50. The quantitative estimate of drug-likeness (QED) is 0.648. The normalized spacial score (nSPS) is 14.7. The number of hydrogen-bond acceptors (Lipinski definition) is 5. The van der Waals surface area contributed by atoms with Crippen LogP contribution in [0.1, 0.15) is 12.0 Å². The molecule has 0 saturated carbocycles. The fourth-order valence-electron chi connectivity index (χ4n) is 3.25. The fourth-order valence-corrected chi connectivity index (χ4v) is 4.02. The van der Waals surface area contributed by atoms with Gasteiger partial charge in [0.05, 0.1) is 30.7 Å². The third-order valence-electron chi connectivity index (χ3n) is 4.52. The molecule has 8 heteroatoms. The number of ether oxygens (including phenoxy) is 1. The van der Waals surface area contributed by atoms with Crippen LogP contribution in [0, 0.1) is 0 Å². The number of benzene rings is 1. The molecule has 1 aromatic carbocycles. The second-order valence-electron chi connectivity index (χ2n) is 6.58. The molecule has 28 heavy (non-hydrogen) atoms. The van der Waals surface area contributed by atoms with E-state index in [-0.39, 0.29) is 10.8 Å². The molecule has 1 aliphatic heterocycles. The lowest BCUT2D eigenvalue weighted by atomic mass is 9.95. The molecule has 0 spiro atoms. The molecule has 0 aliphatic carbocycles. The predicted octanol–water partition coefficient (Wildman–Crippen LogP) is 4.13. The molecule has 3 heterocycles. The Labute approximate surface area is 168 Å². The van der Waals surface area contributed by atoms with Gasteiger partial charge in [0.2, 0.25) is 10.0 Å². The lowest BCUT2D eigenvalue weighted by Gasteiger charge is -2.16. The SMILES string of the molecule is CS(=O)(=O)Nc1cc(-c2ccc3nccc(C4=CCOCC4)c3c2)cnc1Cl. The molecule has 0 fully saturated rings.